The molecule has 0 unspecified atom stereocenters. The van der Waals surface area contributed by atoms with Gasteiger partial charge in [0, 0.05) is 19.0 Å². The van der Waals surface area contributed by atoms with Gasteiger partial charge < -0.3 is 19.8 Å². The normalized spacial score (nSPS) is 21.2. The predicted octanol–water partition coefficient (Wildman–Crippen LogP) is 1.52. The average Bonchev–Trinajstić information content (AvgIpc) is 2.80. The molecule has 1 aliphatic carbocycles. The van der Waals surface area contributed by atoms with Gasteiger partial charge in [-0.3, -0.25) is 0 Å². The molecule has 7 heteroatoms. The molecule has 1 saturated heterocycles. The molecular weight excluding hydrogens is 248 g/mol. The topological polar surface area (TPSA) is 94.5 Å². The van der Waals surface area contributed by atoms with Gasteiger partial charge >= 0.3 is 12.1 Å². The van der Waals surface area contributed by atoms with Gasteiger partial charge in [0.05, 0.1) is 0 Å². The number of amides is 1. The van der Waals surface area contributed by atoms with Crippen molar-refractivity contribution in [3.63, 3.8) is 0 Å². The molecule has 1 aromatic heterocycles. The molecule has 0 radical (unpaired) electrons. The number of nitrogens with two attached hydrogens (primary N) is 1. The Balaban J connectivity index is 1.49. The zero-order valence-electron chi connectivity index (χ0n) is 10.7. The van der Waals surface area contributed by atoms with Crippen LogP contribution < -0.4 is 5.73 Å². The summed E-state index contributed by atoms with van der Waals surface area (Å²) in [5.41, 5.74) is 5.41. The molecule has 0 bridgehead atoms. The highest BCUT2D eigenvalue weighted by Gasteiger charge is 2.30. The second kappa shape index (κ2) is 5.07. The van der Waals surface area contributed by atoms with E-state index in [1.165, 1.54) is 6.42 Å². The molecule has 3 rings (SSSR count). The molecule has 7 nitrogen and oxygen atoms in total. The maximum Gasteiger partial charge on any atom is 0.410 e. The van der Waals surface area contributed by atoms with Crippen LogP contribution in [0.15, 0.2) is 4.42 Å². The summed E-state index contributed by atoms with van der Waals surface area (Å²) in [6.45, 7) is 1.33. The lowest BCUT2D eigenvalue weighted by atomic mass is 9.96. The Bertz CT molecular complexity index is 450. The van der Waals surface area contributed by atoms with Gasteiger partial charge in [0.2, 0.25) is 5.89 Å². The number of rotatable bonds is 2. The van der Waals surface area contributed by atoms with E-state index in [9.17, 15) is 4.79 Å². The van der Waals surface area contributed by atoms with Crippen LogP contribution in [0.25, 0.3) is 0 Å². The molecule has 2 N–H and O–H groups in total. The molecule has 0 atom stereocenters. The molecule has 1 saturated carbocycles. The van der Waals surface area contributed by atoms with Crippen molar-refractivity contribution in [2.24, 2.45) is 0 Å². The van der Waals surface area contributed by atoms with Crippen LogP contribution in [0.1, 0.15) is 43.9 Å². The molecule has 0 aromatic carbocycles. The smallest absolute Gasteiger partial charge is 0.410 e. The SMILES string of the molecule is Nc1nnc(C2CCN(C(=O)OC3CCC3)CC2)o1. The van der Waals surface area contributed by atoms with Gasteiger partial charge in [-0.05, 0) is 32.1 Å². The maximum absolute atomic E-state index is 11.9. The first kappa shape index (κ1) is 12.3. The van der Waals surface area contributed by atoms with Crippen LogP contribution in [0.4, 0.5) is 10.8 Å². The van der Waals surface area contributed by atoms with Crippen molar-refractivity contribution < 1.29 is 13.9 Å². The number of nitrogen functional groups attached to an aromatic ring is 1. The van der Waals surface area contributed by atoms with Crippen LogP contribution in [0, 0.1) is 0 Å². The molecule has 2 aliphatic rings. The van der Waals surface area contributed by atoms with E-state index in [1.807, 2.05) is 0 Å². The van der Waals surface area contributed by atoms with Crippen LogP contribution in [0.2, 0.25) is 0 Å². The quantitative estimate of drug-likeness (QED) is 0.872. The molecule has 2 heterocycles. The van der Waals surface area contributed by atoms with Crippen molar-refractivity contribution in [2.45, 2.75) is 44.1 Å². The summed E-state index contributed by atoms with van der Waals surface area (Å²) in [6.07, 6.45) is 4.74. The van der Waals surface area contributed by atoms with Crippen LogP contribution in [-0.4, -0.2) is 40.4 Å². The lowest BCUT2D eigenvalue weighted by molar-refractivity contribution is 0.0220. The van der Waals surface area contributed by atoms with Gasteiger partial charge in [-0.1, -0.05) is 5.10 Å². The molecular formula is C12H18N4O3. The fourth-order valence-corrected chi connectivity index (χ4v) is 2.43. The van der Waals surface area contributed by atoms with E-state index in [2.05, 4.69) is 10.2 Å². The number of carbonyl (C=O) groups is 1. The largest absolute Gasteiger partial charge is 0.446 e. The van der Waals surface area contributed by atoms with Crippen molar-refractivity contribution in [3.8, 4) is 0 Å². The third-order valence-electron chi connectivity index (χ3n) is 3.88. The van der Waals surface area contributed by atoms with E-state index in [4.69, 9.17) is 14.9 Å². The Hall–Kier alpha value is -1.79. The summed E-state index contributed by atoms with van der Waals surface area (Å²) in [5.74, 6) is 0.766. The lowest BCUT2D eigenvalue weighted by Crippen LogP contribution is -2.41. The number of ether oxygens (including phenoxy) is 1. The Labute approximate surface area is 111 Å². The number of anilines is 1. The minimum Gasteiger partial charge on any atom is -0.446 e. The Morgan fingerprint density at radius 2 is 2.00 bits per heavy atom. The summed E-state index contributed by atoms with van der Waals surface area (Å²) in [7, 11) is 0. The monoisotopic (exact) mass is 266 g/mol. The Morgan fingerprint density at radius 1 is 1.26 bits per heavy atom. The van der Waals surface area contributed by atoms with E-state index in [0.29, 0.717) is 19.0 Å². The fraction of sp³-hybridized carbons (Fsp3) is 0.750. The number of likely N-dealkylation sites (tertiary alicyclic amines) is 1. The first-order valence-electron chi connectivity index (χ1n) is 6.77. The van der Waals surface area contributed by atoms with E-state index in [-0.39, 0.29) is 24.1 Å². The van der Waals surface area contributed by atoms with E-state index in [0.717, 1.165) is 25.7 Å². The molecule has 19 heavy (non-hydrogen) atoms. The van der Waals surface area contributed by atoms with E-state index in [1.54, 1.807) is 4.90 Å². The predicted molar refractivity (Wildman–Crippen MR) is 66.4 cm³/mol. The van der Waals surface area contributed by atoms with Crippen LogP contribution >= 0.6 is 0 Å². The lowest BCUT2D eigenvalue weighted by Gasteiger charge is -2.33. The zero-order chi connectivity index (χ0) is 13.2. The van der Waals surface area contributed by atoms with Crippen molar-refractivity contribution in [3.05, 3.63) is 5.89 Å². The van der Waals surface area contributed by atoms with Gasteiger partial charge in [0.1, 0.15) is 6.10 Å². The minimum atomic E-state index is -0.187. The molecule has 104 valence electrons. The number of hydrogen-bond donors (Lipinski definition) is 1. The highest BCUT2D eigenvalue weighted by atomic mass is 16.6. The van der Waals surface area contributed by atoms with Crippen molar-refractivity contribution >= 4 is 12.1 Å². The molecule has 0 spiro atoms. The third-order valence-corrected chi connectivity index (χ3v) is 3.88. The van der Waals surface area contributed by atoms with Crippen LogP contribution in [-0.2, 0) is 4.74 Å². The van der Waals surface area contributed by atoms with Crippen LogP contribution in [0.5, 0.6) is 0 Å². The van der Waals surface area contributed by atoms with Gasteiger partial charge in [-0.25, -0.2) is 4.79 Å². The summed E-state index contributed by atoms with van der Waals surface area (Å²) >= 11 is 0. The highest BCUT2D eigenvalue weighted by molar-refractivity contribution is 5.68. The van der Waals surface area contributed by atoms with Gasteiger partial charge in [-0.2, -0.15) is 0 Å². The highest BCUT2D eigenvalue weighted by Crippen LogP contribution is 2.29. The molecule has 1 amide bonds. The van der Waals surface area contributed by atoms with Gasteiger partial charge in [0.15, 0.2) is 0 Å². The fourth-order valence-electron chi connectivity index (χ4n) is 2.43. The minimum absolute atomic E-state index is 0.0989. The number of hydrogen-bond acceptors (Lipinski definition) is 6. The first-order chi connectivity index (χ1) is 9.22. The van der Waals surface area contributed by atoms with Crippen molar-refractivity contribution in [2.75, 3.05) is 18.8 Å². The standard InChI is InChI=1S/C12H18N4O3/c13-11-15-14-10(19-11)8-4-6-16(7-5-8)12(17)18-9-2-1-3-9/h8-9H,1-7H2,(H2,13,15). The number of piperidine rings is 1. The van der Waals surface area contributed by atoms with Crippen molar-refractivity contribution in [1.82, 2.24) is 15.1 Å². The van der Waals surface area contributed by atoms with E-state index < -0.39 is 0 Å². The number of nitrogens with zero attached hydrogens (tertiary/aromatic N) is 3. The second-order valence-corrected chi connectivity index (χ2v) is 5.18. The zero-order valence-corrected chi connectivity index (χ0v) is 10.7. The first-order valence-corrected chi connectivity index (χ1v) is 6.77. The second-order valence-electron chi connectivity index (χ2n) is 5.18. The summed E-state index contributed by atoms with van der Waals surface area (Å²) in [5, 5.41) is 7.56. The summed E-state index contributed by atoms with van der Waals surface area (Å²) in [6, 6.07) is 0.0989. The summed E-state index contributed by atoms with van der Waals surface area (Å²) in [4.78, 5) is 13.6. The Morgan fingerprint density at radius 3 is 2.53 bits per heavy atom. The van der Waals surface area contributed by atoms with E-state index >= 15 is 0 Å². The number of aromatic nitrogens is 2. The average molecular weight is 266 g/mol. The number of carbonyl (C=O) groups excluding carboxylic acids is 1. The van der Waals surface area contributed by atoms with Crippen molar-refractivity contribution in [1.29, 1.82) is 0 Å². The Kier molecular flexibility index (Phi) is 3.27. The van der Waals surface area contributed by atoms with Gasteiger partial charge in [0.25, 0.3) is 0 Å². The maximum atomic E-state index is 11.9. The van der Waals surface area contributed by atoms with Gasteiger partial charge in [-0.15, -0.1) is 5.10 Å². The summed E-state index contributed by atoms with van der Waals surface area (Å²) < 4.78 is 10.6. The third kappa shape index (κ3) is 2.64. The van der Waals surface area contributed by atoms with Crippen LogP contribution in [0.3, 0.4) is 0 Å². The molecule has 1 aliphatic heterocycles. The molecule has 2 fully saturated rings. The molecule has 1 aromatic rings.